The summed E-state index contributed by atoms with van der Waals surface area (Å²) in [7, 11) is 0. The molecule has 10 atom stereocenters. The van der Waals surface area contributed by atoms with Gasteiger partial charge in [0, 0.05) is 0 Å². The van der Waals surface area contributed by atoms with E-state index in [4.69, 9.17) is 0 Å². The Bertz CT molecular complexity index is 597. The van der Waals surface area contributed by atoms with Gasteiger partial charge in [-0.15, -0.1) is 0 Å². The molecule has 3 nitrogen and oxygen atoms in total. The van der Waals surface area contributed by atoms with E-state index in [-0.39, 0.29) is 17.6 Å². The zero-order valence-corrected chi connectivity index (χ0v) is 19.5. The Hall–Kier alpha value is -0.120. The highest BCUT2D eigenvalue weighted by molar-refractivity contribution is 5.11. The van der Waals surface area contributed by atoms with Crippen molar-refractivity contribution < 1.29 is 15.3 Å². The number of rotatable bonds is 4. The minimum Gasteiger partial charge on any atom is -0.393 e. The van der Waals surface area contributed by atoms with E-state index >= 15 is 0 Å². The highest BCUT2D eigenvalue weighted by atomic mass is 16.3. The Morgan fingerprint density at radius 3 is 2.24 bits per heavy atom. The fraction of sp³-hybridized carbons (Fsp3) is 1.00. The molecule has 168 valence electrons. The van der Waals surface area contributed by atoms with Crippen LogP contribution in [0.25, 0.3) is 0 Å². The summed E-state index contributed by atoms with van der Waals surface area (Å²) in [6, 6.07) is 0. The van der Waals surface area contributed by atoms with Gasteiger partial charge in [-0.1, -0.05) is 20.8 Å². The first-order chi connectivity index (χ1) is 13.5. The molecule has 0 aromatic carbocycles. The van der Waals surface area contributed by atoms with E-state index < -0.39 is 5.60 Å². The van der Waals surface area contributed by atoms with Crippen molar-refractivity contribution in [2.24, 2.45) is 46.3 Å². The van der Waals surface area contributed by atoms with Gasteiger partial charge in [-0.3, -0.25) is 0 Å². The third-order valence-corrected chi connectivity index (χ3v) is 10.6. The van der Waals surface area contributed by atoms with E-state index in [1.165, 1.54) is 25.7 Å². The van der Waals surface area contributed by atoms with Crippen molar-refractivity contribution in [3.63, 3.8) is 0 Å². The zero-order chi connectivity index (χ0) is 21.2. The van der Waals surface area contributed by atoms with Crippen molar-refractivity contribution in [1.82, 2.24) is 0 Å². The first kappa shape index (κ1) is 22.1. The molecule has 4 aliphatic rings. The summed E-state index contributed by atoms with van der Waals surface area (Å²) in [5.41, 5.74) is 0.0538. The predicted octanol–water partition coefficient (Wildman–Crippen LogP) is 5.16. The van der Waals surface area contributed by atoms with Gasteiger partial charge >= 0.3 is 0 Å². The van der Waals surface area contributed by atoms with Crippen LogP contribution in [-0.2, 0) is 0 Å². The molecule has 0 bridgehead atoms. The van der Waals surface area contributed by atoms with Crippen molar-refractivity contribution >= 4 is 0 Å². The molecule has 0 saturated heterocycles. The van der Waals surface area contributed by atoms with Crippen molar-refractivity contribution in [2.45, 2.75) is 117 Å². The van der Waals surface area contributed by atoms with E-state index in [9.17, 15) is 15.3 Å². The minimum absolute atomic E-state index is 0.208. The lowest BCUT2D eigenvalue weighted by atomic mass is 9.43. The second-order valence-corrected chi connectivity index (χ2v) is 12.8. The summed E-state index contributed by atoms with van der Waals surface area (Å²) in [6.45, 7) is 11.3. The largest absolute Gasteiger partial charge is 0.393 e. The first-order valence-corrected chi connectivity index (χ1v) is 12.5. The van der Waals surface area contributed by atoms with Crippen molar-refractivity contribution in [3.05, 3.63) is 0 Å². The van der Waals surface area contributed by atoms with E-state index in [1.807, 2.05) is 13.8 Å². The Morgan fingerprint density at radius 1 is 0.897 bits per heavy atom. The molecular weight excluding hydrogens is 360 g/mol. The standard InChI is InChI=1S/C26H46O3/c1-16(8-11-24(2,3)29)19-6-7-20-18-15-23(28)22-14-17(27)9-12-26(22,5)21(18)10-13-25(19,20)4/h16-23,27-29H,6-15H2,1-5H3. The molecule has 4 rings (SSSR count). The van der Waals surface area contributed by atoms with E-state index in [1.54, 1.807) is 0 Å². The molecule has 4 aliphatic carbocycles. The molecule has 0 aliphatic heterocycles. The van der Waals surface area contributed by atoms with Crippen LogP contribution in [-0.4, -0.2) is 33.1 Å². The second kappa shape index (κ2) is 7.48. The maximum Gasteiger partial charge on any atom is 0.0591 e. The fourth-order valence-corrected chi connectivity index (χ4v) is 9.04. The van der Waals surface area contributed by atoms with Gasteiger partial charge in [0.15, 0.2) is 0 Å². The highest BCUT2D eigenvalue weighted by Gasteiger charge is 2.62. The average molecular weight is 407 g/mol. The summed E-state index contributed by atoms with van der Waals surface area (Å²) >= 11 is 0. The molecule has 10 unspecified atom stereocenters. The van der Waals surface area contributed by atoms with Gasteiger partial charge in [0.05, 0.1) is 17.8 Å². The molecule has 0 aromatic rings. The average Bonchev–Trinajstić information content (AvgIpc) is 2.98. The summed E-state index contributed by atoms with van der Waals surface area (Å²) in [5.74, 6) is 3.84. The van der Waals surface area contributed by atoms with Crippen LogP contribution in [0.1, 0.15) is 98.8 Å². The molecule has 0 amide bonds. The molecule has 29 heavy (non-hydrogen) atoms. The molecule has 0 heterocycles. The van der Waals surface area contributed by atoms with Crippen molar-refractivity contribution in [2.75, 3.05) is 0 Å². The second-order valence-electron chi connectivity index (χ2n) is 12.8. The normalized spacial score (nSPS) is 51.1. The van der Waals surface area contributed by atoms with Gasteiger partial charge in [-0.2, -0.15) is 0 Å². The summed E-state index contributed by atoms with van der Waals surface area (Å²) < 4.78 is 0. The molecule has 3 N–H and O–H groups in total. The number of hydrogen-bond donors (Lipinski definition) is 3. The number of hydrogen-bond acceptors (Lipinski definition) is 3. The lowest BCUT2D eigenvalue weighted by Gasteiger charge is -2.62. The van der Waals surface area contributed by atoms with Crippen molar-refractivity contribution in [1.29, 1.82) is 0 Å². The quantitative estimate of drug-likeness (QED) is 0.604. The summed E-state index contributed by atoms with van der Waals surface area (Å²) in [5, 5.41) is 31.6. The monoisotopic (exact) mass is 406 g/mol. The Morgan fingerprint density at radius 2 is 1.55 bits per heavy atom. The van der Waals surface area contributed by atoms with Crippen LogP contribution in [0.3, 0.4) is 0 Å². The maximum atomic E-state index is 11.1. The minimum atomic E-state index is -0.562. The SMILES string of the molecule is CC(CCC(C)(C)O)C1CCC2C3CC(O)C4CC(O)CCC4(C)C3CCC12C. The maximum absolute atomic E-state index is 11.1. The highest BCUT2D eigenvalue weighted by Crippen LogP contribution is 2.68. The molecular formula is C26H46O3. The summed E-state index contributed by atoms with van der Waals surface area (Å²) in [4.78, 5) is 0. The number of fused-ring (bicyclic) bond motifs is 5. The van der Waals surface area contributed by atoms with Gasteiger partial charge in [0.2, 0.25) is 0 Å². The molecule has 0 aromatic heterocycles. The van der Waals surface area contributed by atoms with Crippen LogP contribution in [0.5, 0.6) is 0 Å². The first-order valence-electron chi connectivity index (χ1n) is 12.5. The third-order valence-electron chi connectivity index (χ3n) is 10.6. The Labute approximate surface area is 178 Å². The van der Waals surface area contributed by atoms with Crippen LogP contribution >= 0.6 is 0 Å². The fourth-order valence-electron chi connectivity index (χ4n) is 9.04. The number of aliphatic hydroxyl groups excluding tert-OH is 2. The van der Waals surface area contributed by atoms with E-state index in [0.29, 0.717) is 23.2 Å². The van der Waals surface area contributed by atoms with E-state index in [2.05, 4.69) is 20.8 Å². The lowest BCUT2D eigenvalue weighted by Crippen LogP contribution is -2.58. The zero-order valence-electron chi connectivity index (χ0n) is 19.5. The topological polar surface area (TPSA) is 60.7 Å². The van der Waals surface area contributed by atoms with Crippen LogP contribution in [0.15, 0.2) is 0 Å². The van der Waals surface area contributed by atoms with Crippen LogP contribution in [0, 0.1) is 46.3 Å². The molecule has 3 heteroatoms. The summed E-state index contributed by atoms with van der Waals surface area (Å²) in [6.07, 6.45) is 10.6. The van der Waals surface area contributed by atoms with Crippen LogP contribution < -0.4 is 0 Å². The van der Waals surface area contributed by atoms with Crippen LogP contribution in [0.4, 0.5) is 0 Å². The lowest BCUT2D eigenvalue weighted by molar-refractivity contribution is -0.172. The molecule has 4 saturated carbocycles. The third kappa shape index (κ3) is 3.72. The smallest absolute Gasteiger partial charge is 0.0591 e. The van der Waals surface area contributed by atoms with Crippen molar-refractivity contribution in [3.8, 4) is 0 Å². The van der Waals surface area contributed by atoms with E-state index in [0.717, 1.165) is 56.3 Å². The van der Waals surface area contributed by atoms with Gasteiger partial charge in [-0.05, 0) is 124 Å². The Balaban J connectivity index is 1.53. The number of aliphatic hydroxyl groups is 3. The Kier molecular flexibility index (Phi) is 5.70. The van der Waals surface area contributed by atoms with Gasteiger partial charge in [0.25, 0.3) is 0 Å². The van der Waals surface area contributed by atoms with Gasteiger partial charge in [-0.25, -0.2) is 0 Å². The van der Waals surface area contributed by atoms with Gasteiger partial charge in [0.1, 0.15) is 0 Å². The molecule has 4 fully saturated rings. The predicted molar refractivity (Wildman–Crippen MR) is 117 cm³/mol. The van der Waals surface area contributed by atoms with Gasteiger partial charge < -0.3 is 15.3 Å². The molecule has 0 radical (unpaired) electrons. The molecule has 0 spiro atoms. The van der Waals surface area contributed by atoms with Crippen LogP contribution in [0.2, 0.25) is 0 Å².